The highest BCUT2D eigenvalue weighted by Gasteiger charge is 1.98. The minimum absolute atomic E-state index is 0.207. The van der Waals surface area contributed by atoms with Crippen LogP contribution in [-0.4, -0.2) is 26.4 Å². The second-order valence-electron chi connectivity index (χ2n) is 2.42. The fourth-order valence-electron chi connectivity index (χ4n) is 0.766. The molecule has 0 amide bonds. The maximum absolute atomic E-state index is 5.67. The number of ether oxygens (including phenoxy) is 1. The highest BCUT2D eigenvalue weighted by Crippen LogP contribution is 1.92. The van der Waals surface area contributed by atoms with Crippen molar-refractivity contribution >= 4 is 0 Å². The van der Waals surface area contributed by atoms with Crippen molar-refractivity contribution in [2.75, 3.05) is 20.4 Å². The molecular weight excluding hydrogens is 128 g/mol. The summed E-state index contributed by atoms with van der Waals surface area (Å²) < 4.78 is 5.16. The number of rotatable bonds is 6. The quantitative estimate of drug-likeness (QED) is 0.419. The Balaban J connectivity index is 2.97. The third-order valence-electron chi connectivity index (χ3n) is 1.24. The highest BCUT2D eigenvalue weighted by molar-refractivity contribution is 4.57. The zero-order valence-corrected chi connectivity index (χ0v) is 6.89. The topological polar surface area (TPSA) is 47.3 Å². The SMILES string of the molecule is CCCC(N)COCNC. The van der Waals surface area contributed by atoms with Crippen molar-refractivity contribution in [3.63, 3.8) is 0 Å². The molecule has 0 aliphatic carbocycles. The summed E-state index contributed by atoms with van der Waals surface area (Å²) in [5, 5.41) is 2.89. The van der Waals surface area contributed by atoms with Gasteiger partial charge in [0.15, 0.2) is 0 Å². The van der Waals surface area contributed by atoms with E-state index in [9.17, 15) is 0 Å². The van der Waals surface area contributed by atoms with Gasteiger partial charge in [-0.05, 0) is 13.5 Å². The van der Waals surface area contributed by atoms with Crippen molar-refractivity contribution in [1.29, 1.82) is 0 Å². The maximum atomic E-state index is 5.67. The van der Waals surface area contributed by atoms with Gasteiger partial charge in [0.05, 0.1) is 13.3 Å². The van der Waals surface area contributed by atoms with Gasteiger partial charge in [0, 0.05) is 6.04 Å². The molecule has 0 bridgehead atoms. The highest BCUT2D eigenvalue weighted by atomic mass is 16.5. The van der Waals surface area contributed by atoms with Crippen molar-refractivity contribution in [2.24, 2.45) is 5.73 Å². The van der Waals surface area contributed by atoms with Crippen LogP contribution in [0.15, 0.2) is 0 Å². The summed E-state index contributed by atoms with van der Waals surface area (Å²) in [5.74, 6) is 0. The van der Waals surface area contributed by atoms with E-state index in [1.165, 1.54) is 0 Å². The Morgan fingerprint density at radius 3 is 2.80 bits per heavy atom. The first-order chi connectivity index (χ1) is 4.81. The molecule has 0 aliphatic heterocycles. The summed E-state index contributed by atoms with van der Waals surface area (Å²) in [4.78, 5) is 0. The normalized spacial score (nSPS) is 13.5. The third kappa shape index (κ3) is 6.01. The van der Waals surface area contributed by atoms with E-state index in [1.54, 1.807) is 0 Å². The second kappa shape index (κ2) is 6.99. The smallest absolute Gasteiger partial charge is 0.0963 e. The van der Waals surface area contributed by atoms with E-state index in [0.717, 1.165) is 12.8 Å². The molecule has 3 heteroatoms. The number of hydrogen-bond donors (Lipinski definition) is 2. The standard InChI is InChI=1S/C7H18N2O/c1-3-4-7(8)5-10-6-9-2/h7,9H,3-6,8H2,1-2H3. The molecule has 62 valence electrons. The summed E-state index contributed by atoms with van der Waals surface area (Å²) in [6.45, 7) is 3.38. The Bertz CT molecular complexity index is 68.6. The van der Waals surface area contributed by atoms with Crippen molar-refractivity contribution in [3.05, 3.63) is 0 Å². The van der Waals surface area contributed by atoms with Gasteiger partial charge in [-0.1, -0.05) is 13.3 Å². The van der Waals surface area contributed by atoms with Crippen LogP contribution >= 0.6 is 0 Å². The van der Waals surface area contributed by atoms with E-state index in [0.29, 0.717) is 13.3 Å². The van der Waals surface area contributed by atoms with Gasteiger partial charge in [-0.25, -0.2) is 0 Å². The van der Waals surface area contributed by atoms with Gasteiger partial charge < -0.3 is 10.5 Å². The van der Waals surface area contributed by atoms with Gasteiger partial charge in [-0.2, -0.15) is 0 Å². The van der Waals surface area contributed by atoms with Gasteiger partial charge in [-0.3, -0.25) is 5.32 Å². The van der Waals surface area contributed by atoms with E-state index in [-0.39, 0.29) is 6.04 Å². The molecule has 0 spiro atoms. The summed E-state index contributed by atoms with van der Waals surface area (Å²) in [6.07, 6.45) is 2.17. The van der Waals surface area contributed by atoms with E-state index in [4.69, 9.17) is 10.5 Å². The Kier molecular flexibility index (Phi) is 6.91. The maximum Gasteiger partial charge on any atom is 0.0963 e. The third-order valence-corrected chi connectivity index (χ3v) is 1.24. The lowest BCUT2D eigenvalue weighted by Gasteiger charge is -2.09. The first kappa shape index (κ1) is 9.88. The monoisotopic (exact) mass is 146 g/mol. The first-order valence-electron chi connectivity index (χ1n) is 3.79. The molecule has 0 saturated carbocycles. The van der Waals surface area contributed by atoms with Gasteiger partial charge in [0.1, 0.15) is 0 Å². The molecule has 1 atom stereocenters. The molecule has 0 fully saturated rings. The van der Waals surface area contributed by atoms with Gasteiger partial charge in [0.2, 0.25) is 0 Å². The second-order valence-corrected chi connectivity index (χ2v) is 2.42. The number of hydrogen-bond acceptors (Lipinski definition) is 3. The molecule has 0 aromatic carbocycles. The Hall–Kier alpha value is -0.120. The van der Waals surface area contributed by atoms with Crippen molar-refractivity contribution in [3.8, 4) is 0 Å². The molecule has 10 heavy (non-hydrogen) atoms. The molecule has 0 heterocycles. The van der Waals surface area contributed by atoms with Gasteiger partial charge >= 0.3 is 0 Å². The Morgan fingerprint density at radius 2 is 2.30 bits per heavy atom. The molecule has 0 rings (SSSR count). The lowest BCUT2D eigenvalue weighted by atomic mass is 10.2. The Morgan fingerprint density at radius 1 is 1.60 bits per heavy atom. The molecule has 0 radical (unpaired) electrons. The lowest BCUT2D eigenvalue weighted by molar-refractivity contribution is 0.107. The van der Waals surface area contributed by atoms with Crippen LogP contribution in [0.25, 0.3) is 0 Å². The van der Waals surface area contributed by atoms with E-state index in [2.05, 4.69) is 12.2 Å². The molecule has 0 aliphatic rings. The number of nitrogens with one attached hydrogen (secondary N) is 1. The van der Waals surface area contributed by atoms with Crippen LogP contribution in [-0.2, 0) is 4.74 Å². The fraction of sp³-hybridized carbons (Fsp3) is 1.00. The minimum atomic E-state index is 0.207. The van der Waals surface area contributed by atoms with Crippen LogP contribution < -0.4 is 11.1 Å². The van der Waals surface area contributed by atoms with Crippen molar-refractivity contribution in [2.45, 2.75) is 25.8 Å². The summed E-state index contributed by atoms with van der Waals surface area (Å²) in [5.41, 5.74) is 5.67. The summed E-state index contributed by atoms with van der Waals surface area (Å²) in [7, 11) is 1.85. The van der Waals surface area contributed by atoms with Crippen LogP contribution in [0.2, 0.25) is 0 Å². The minimum Gasteiger partial charge on any atom is -0.365 e. The molecule has 0 aromatic rings. The lowest BCUT2D eigenvalue weighted by Crippen LogP contribution is -2.27. The molecule has 3 nitrogen and oxygen atoms in total. The summed E-state index contributed by atoms with van der Waals surface area (Å²) in [6, 6.07) is 0.207. The van der Waals surface area contributed by atoms with E-state index < -0.39 is 0 Å². The zero-order valence-electron chi connectivity index (χ0n) is 6.89. The largest absolute Gasteiger partial charge is 0.365 e. The zero-order chi connectivity index (χ0) is 7.82. The van der Waals surface area contributed by atoms with Crippen molar-refractivity contribution < 1.29 is 4.74 Å². The van der Waals surface area contributed by atoms with Crippen LogP contribution in [0, 0.1) is 0 Å². The van der Waals surface area contributed by atoms with Crippen LogP contribution in [0.4, 0.5) is 0 Å². The molecular formula is C7H18N2O. The molecule has 0 saturated heterocycles. The van der Waals surface area contributed by atoms with Gasteiger partial charge in [0.25, 0.3) is 0 Å². The van der Waals surface area contributed by atoms with E-state index in [1.807, 2.05) is 7.05 Å². The van der Waals surface area contributed by atoms with Gasteiger partial charge in [-0.15, -0.1) is 0 Å². The average molecular weight is 146 g/mol. The Labute approximate surface area is 62.9 Å². The van der Waals surface area contributed by atoms with Crippen LogP contribution in [0.1, 0.15) is 19.8 Å². The molecule has 3 N–H and O–H groups in total. The molecule has 1 unspecified atom stereocenters. The predicted molar refractivity (Wildman–Crippen MR) is 42.8 cm³/mol. The van der Waals surface area contributed by atoms with Crippen LogP contribution in [0.3, 0.4) is 0 Å². The number of nitrogens with two attached hydrogens (primary N) is 1. The van der Waals surface area contributed by atoms with E-state index >= 15 is 0 Å². The summed E-state index contributed by atoms with van der Waals surface area (Å²) >= 11 is 0. The predicted octanol–water partition coefficient (Wildman–Crippen LogP) is 0.307. The average Bonchev–Trinajstić information content (AvgIpc) is 1.89. The first-order valence-corrected chi connectivity index (χ1v) is 3.79. The van der Waals surface area contributed by atoms with Crippen LogP contribution in [0.5, 0.6) is 0 Å². The molecule has 0 aromatic heterocycles. The van der Waals surface area contributed by atoms with Crippen molar-refractivity contribution in [1.82, 2.24) is 5.32 Å². The fourth-order valence-corrected chi connectivity index (χ4v) is 0.766.